The zero-order valence-electron chi connectivity index (χ0n) is 5.56. The van der Waals surface area contributed by atoms with Gasteiger partial charge in [-0.05, 0) is 25.3 Å². The van der Waals surface area contributed by atoms with Crippen LogP contribution in [0.1, 0.15) is 19.3 Å². The van der Waals surface area contributed by atoms with Crippen molar-refractivity contribution in [1.29, 1.82) is 0 Å². The lowest BCUT2D eigenvalue weighted by atomic mass is 10.1. The fraction of sp³-hybridized carbons (Fsp3) is 0.714. The topological polar surface area (TPSA) is 9.23 Å². The largest absolute Gasteiger partial charge is 0.500 e. The van der Waals surface area contributed by atoms with E-state index in [9.17, 15) is 0 Å². The maximum absolute atomic E-state index is 5.89. The first-order valence-electron chi connectivity index (χ1n) is 3.22. The number of hydrogen-bond acceptors (Lipinski definition) is 1. The maximum atomic E-state index is 5.89. The van der Waals surface area contributed by atoms with Crippen molar-refractivity contribution in [3.05, 3.63) is 11.8 Å². The molecule has 1 unspecified atom stereocenters. The molecule has 2 heteroatoms. The van der Waals surface area contributed by atoms with Crippen LogP contribution in [0.3, 0.4) is 0 Å². The zero-order valence-corrected chi connectivity index (χ0v) is 6.32. The molecule has 0 amide bonds. The SMILES string of the molecule is COC1=CCCCC1Cl. The van der Waals surface area contributed by atoms with E-state index in [4.69, 9.17) is 16.3 Å². The van der Waals surface area contributed by atoms with Crippen LogP contribution in [0.2, 0.25) is 0 Å². The van der Waals surface area contributed by atoms with Gasteiger partial charge in [-0.3, -0.25) is 0 Å². The molecule has 0 heterocycles. The Hall–Kier alpha value is -0.170. The number of allylic oxidation sites excluding steroid dienone is 2. The van der Waals surface area contributed by atoms with Gasteiger partial charge in [-0.25, -0.2) is 0 Å². The van der Waals surface area contributed by atoms with E-state index in [2.05, 4.69) is 6.08 Å². The van der Waals surface area contributed by atoms with Gasteiger partial charge in [0.1, 0.15) is 5.76 Å². The van der Waals surface area contributed by atoms with Crippen molar-refractivity contribution >= 4 is 11.6 Å². The second kappa shape index (κ2) is 3.11. The summed E-state index contributed by atoms with van der Waals surface area (Å²) < 4.78 is 5.03. The molecule has 9 heavy (non-hydrogen) atoms. The van der Waals surface area contributed by atoms with Crippen LogP contribution < -0.4 is 0 Å². The summed E-state index contributed by atoms with van der Waals surface area (Å²) in [5, 5.41) is 0.128. The first-order valence-corrected chi connectivity index (χ1v) is 3.66. The van der Waals surface area contributed by atoms with Gasteiger partial charge in [0, 0.05) is 0 Å². The second-order valence-electron chi connectivity index (χ2n) is 2.21. The molecule has 1 rings (SSSR count). The summed E-state index contributed by atoms with van der Waals surface area (Å²) in [6.45, 7) is 0. The van der Waals surface area contributed by atoms with Crippen LogP contribution in [0.15, 0.2) is 11.8 Å². The Kier molecular flexibility index (Phi) is 2.40. The molecule has 1 nitrogen and oxygen atoms in total. The Balaban J connectivity index is 2.53. The van der Waals surface area contributed by atoms with Crippen molar-refractivity contribution in [2.45, 2.75) is 24.6 Å². The summed E-state index contributed by atoms with van der Waals surface area (Å²) >= 11 is 5.89. The van der Waals surface area contributed by atoms with E-state index < -0.39 is 0 Å². The van der Waals surface area contributed by atoms with Crippen LogP contribution >= 0.6 is 11.6 Å². The van der Waals surface area contributed by atoms with Crippen molar-refractivity contribution in [3.8, 4) is 0 Å². The first-order chi connectivity index (χ1) is 4.34. The molecule has 0 saturated carbocycles. The van der Waals surface area contributed by atoms with Gasteiger partial charge in [-0.1, -0.05) is 0 Å². The Morgan fingerprint density at radius 3 is 3.00 bits per heavy atom. The van der Waals surface area contributed by atoms with E-state index >= 15 is 0 Å². The number of alkyl halides is 1. The summed E-state index contributed by atoms with van der Waals surface area (Å²) in [5.41, 5.74) is 0. The normalized spacial score (nSPS) is 27.3. The maximum Gasteiger partial charge on any atom is 0.109 e. The monoisotopic (exact) mass is 146 g/mol. The van der Waals surface area contributed by atoms with Crippen LogP contribution in [-0.4, -0.2) is 12.5 Å². The van der Waals surface area contributed by atoms with Gasteiger partial charge in [-0.2, -0.15) is 0 Å². The van der Waals surface area contributed by atoms with Gasteiger partial charge in [0.25, 0.3) is 0 Å². The third-order valence-electron chi connectivity index (χ3n) is 1.55. The number of halogens is 1. The standard InChI is InChI=1S/C7H11ClO/c1-9-7-5-3-2-4-6(7)8/h5-6H,2-4H2,1H3. The predicted octanol–water partition coefficient (Wildman–Crippen LogP) is 2.31. The zero-order chi connectivity index (χ0) is 6.69. The van der Waals surface area contributed by atoms with Crippen LogP contribution in [0.5, 0.6) is 0 Å². The molecular weight excluding hydrogens is 136 g/mol. The van der Waals surface area contributed by atoms with Gasteiger partial charge in [0.2, 0.25) is 0 Å². The summed E-state index contributed by atoms with van der Waals surface area (Å²) in [7, 11) is 1.67. The predicted molar refractivity (Wildman–Crippen MR) is 38.6 cm³/mol. The van der Waals surface area contributed by atoms with Gasteiger partial charge in [0.15, 0.2) is 0 Å². The minimum atomic E-state index is 0.128. The van der Waals surface area contributed by atoms with Crippen molar-refractivity contribution in [2.75, 3.05) is 7.11 Å². The highest BCUT2D eigenvalue weighted by atomic mass is 35.5. The summed E-state index contributed by atoms with van der Waals surface area (Å²) in [5.74, 6) is 0.947. The molecule has 0 N–H and O–H groups in total. The van der Waals surface area contributed by atoms with Crippen molar-refractivity contribution < 1.29 is 4.74 Å². The fourth-order valence-electron chi connectivity index (χ4n) is 1.02. The average Bonchev–Trinajstić information content (AvgIpc) is 1.89. The molecule has 0 spiro atoms. The molecule has 0 saturated heterocycles. The van der Waals surface area contributed by atoms with E-state index in [0.29, 0.717) is 0 Å². The van der Waals surface area contributed by atoms with Crippen molar-refractivity contribution in [1.82, 2.24) is 0 Å². The summed E-state index contributed by atoms with van der Waals surface area (Å²) in [4.78, 5) is 0. The highest BCUT2D eigenvalue weighted by molar-refractivity contribution is 6.22. The van der Waals surface area contributed by atoms with Gasteiger partial charge in [0.05, 0.1) is 12.5 Å². The van der Waals surface area contributed by atoms with Crippen LogP contribution in [-0.2, 0) is 4.74 Å². The van der Waals surface area contributed by atoms with E-state index in [1.807, 2.05) is 0 Å². The van der Waals surface area contributed by atoms with Gasteiger partial charge < -0.3 is 4.74 Å². The number of hydrogen-bond donors (Lipinski definition) is 0. The molecule has 1 aliphatic carbocycles. The highest BCUT2D eigenvalue weighted by Crippen LogP contribution is 2.22. The summed E-state index contributed by atoms with van der Waals surface area (Å²) in [6, 6.07) is 0. The van der Waals surface area contributed by atoms with E-state index in [1.54, 1.807) is 7.11 Å². The van der Waals surface area contributed by atoms with Gasteiger partial charge >= 0.3 is 0 Å². The highest BCUT2D eigenvalue weighted by Gasteiger charge is 2.14. The Morgan fingerprint density at radius 1 is 1.78 bits per heavy atom. The molecule has 0 aromatic rings. The number of ether oxygens (including phenoxy) is 1. The molecule has 0 radical (unpaired) electrons. The quantitative estimate of drug-likeness (QED) is 0.516. The minimum Gasteiger partial charge on any atom is -0.500 e. The van der Waals surface area contributed by atoms with E-state index in [0.717, 1.165) is 18.6 Å². The molecule has 1 aliphatic rings. The first kappa shape index (κ1) is 6.94. The Labute approximate surface area is 60.7 Å². The lowest BCUT2D eigenvalue weighted by Gasteiger charge is -2.16. The van der Waals surface area contributed by atoms with Crippen LogP contribution in [0, 0.1) is 0 Å². The molecule has 0 fully saturated rings. The lowest BCUT2D eigenvalue weighted by molar-refractivity contribution is 0.269. The molecule has 1 atom stereocenters. The van der Waals surface area contributed by atoms with Crippen molar-refractivity contribution in [3.63, 3.8) is 0 Å². The van der Waals surface area contributed by atoms with Crippen LogP contribution in [0.4, 0.5) is 0 Å². The number of methoxy groups -OCH3 is 1. The molecule has 0 aliphatic heterocycles. The molecular formula is C7H11ClO. The smallest absolute Gasteiger partial charge is 0.109 e. The van der Waals surface area contributed by atoms with Gasteiger partial charge in [-0.15, -0.1) is 11.6 Å². The van der Waals surface area contributed by atoms with Crippen LogP contribution in [0.25, 0.3) is 0 Å². The van der Waals surface area contributed by atoms with Crippen molar-refractivity contribution in [2.24, 2.45) is 0 Å². The third-order valence-corrected chi connectivity index (χ3v) is 1.98. The minimum absolute atomic E-state index is 0.128. The van der Waals surface area contributed by atoms with E-state index in [-0.39, 0.29) is 5.38 Å². The molecule has 52 valence electrons. The third kappa shape index (κ3) is 1.62. The fourth-order valence-corrected chi connectivity index (χ4v) is 1.36. The molecule has 0 aromatic heterocycles. The summed E-state index contributed by atoms with van der Waals surface area (Å²) in [6.07, 6.45) is 5.44. The molecule has 0 bridgehead atoms. The lowest BCUT2D eigenvalue weighted by Crippen LogP contribution is -2.08. The second-order valence-corrected chi connectivity index (χ2v) is 2.74. The average molecular weight is 147 g/mol. The van der Waals surface area contributed by atoms with E-state index in [1.165, 1.54) is 6.42 Å². The number of rotatable bonds is 1. The molecule has 0 aromatic carbocycles. The Morgan fingerprint density at radius 2 is 2.56 bits per heavy atom. The Bertz CT molecular complexity index is 120.